The summed E-state index contributed by atoms with van der Waals surface area (Å²) in [5.74, 6) is 0.833. The zero-order chi connectivity index (χ0) is 10.8. The van der Waals surface area contributed by atoms with Crippen molar-refractivity contribution in [3.05, 3.63) is 0 Å². The van der Waals surface area contributed by atoms with Crippen molar-refractivity contribution in [1.82, 2.24) is 4.90 Å². The third kappa shape index (κ3) is 2.69. The van der Waals surface area contributed by atoms with Crippen LogP contribution in [0, 0.1) is 5.92 Å². The van der Waals surface area contributed by atoms with E-state index in [0.717, 1.165) is 25.3 Å². The summed E-state index contributed by atoms with van der Waals surface area (Å²) >= 11 is 0. The van der Waals surface area contributed by atoms with Crippen LogP contribution in [0.2, 0.25) is 0 Å². The van der Waals surface area contributed by atoms with Crippen LogP contribution in [-0.4, -0.2) is 43.2 Å². The molecule has 1 amide bonds. The molecule has 2 fully saturated rings. The van der Waals surface area contributed by atoms with Gasteiger partial charge in [0.1, 0.15) is 6.10 Å². The standard InChI is InChI=1S/C11H20N2O2/c1-15-10(6-12)11(14)13(9-4-5-9)7-8-2-3-8/h8-10H,2-7,12H2,1H3. The van der Waals surface area contributed by atoms with E-state index in [1.165, 1.54) is 12.8 Å². The molecule has 2 saturated carbocycles. The maximum Gasteiger partial charge on any atom is 0.253 e. The van der Waals surface area contributed by atoms with Crippen molar-refractivity contribution in [3.63, 3.8) is 0 Å². The molecule has 2 rings (SSSR count). The van der Waals surface area contributed by atoms with Crippen molar-refractivity contribution >= 4 is 5.91 Å². The highest BCUT2D eigenvalue weighted by molar-refractivity contribution is 5.81. The second-order valence-corrected chi connectivity index (χ2v) is 4.63. The van der Waals surface area contributed by atoms with E-state index >= 15 is 0 Å². The number of nitrogens with zero attached hydrogens (tertiary/aromatic N) is 1. The molecule has 86 valence electrons. The Bertz CT molecular complexity index is 233. The number of nitrogens with two attached hydrogens (primary N) is 1. The van der Waals surface area contributed by atoms with Gasteiger partial charge in [-0.25, -0.2) is 0 Å². The van der Waals surface area contributed by atoms with Gasteiger partial charge in [0.05, 0.1) is 0 Å². The molecule has 0 radical (unpaired) electrons. The van der Waals surface area contributed by atoms with Crippen molar-refractivity contribution in [2.45, 2.75) is 37.8 Å². The molecule has 0 spiro atoms. The molecule has 4 heteroatoms. The summed E-state index contributed by atoms with van der Waals surface area (Å²) in [4.78, 5) is 14.1. The molecule has 2 aliphatic rings. The van der Waals surface area contributed by atoms with Crippen LogP contribution in [-0.2, 0) is 9.53 Å². The Morgan fingerprint density at radius 2 is 2.13 bits per heavy atom. The van der Waals surface area contributed by atoms with E-state index in [1.54, 1.807) is 7.11 Å². The highest BCUT2D eigenvalue weighted by Gasteiger charge is 2.38. The molecule has 0 bridgehead atoms. The van der Waals surface area contributed by atoms with E-state index in [-0.39, 0.29) is 12.5 Å². The summed E-state index contributed by atoms with van der Waals surface area (Å²) in [5, 5.41) is 0. The summed E-state index contributed by atoms with van der Waals surface area (Å²) in [6.45, 7) is 1.20. The minimum Gasteiger partial charge on any atom is -0.370 e. The van der Waals surface area contributed by atoms with E-state index in [0.29, 0.717) is 6.04 Å². The number of ether oxygens (including phenoxy) is 1. The van der Waals surface area contributed by atoms with Crippen molar-refractivity contribution in [1.29, 1.82) is 0 Å². The van der Waals surface area contributed by atoms with Gasteiger partial charge >= 0.3 is 0 Å². The van der Waals surface area contributed by atoms with Crippen LogP contribution in [0.5, 0.6) is 0 Å². The SMILES string of the molecule is COC(CN)C(=O)N(CC1CC1)C1CC1. The van der Waals surface area contributed by atoms with E-state index in [9.17, 15) is 4.79 Å². The van der Waals surface area contributed by atoms with E-state index in [4.69, 9.17) is 10.5 Å². The first-order chi connectivity index (χ1) is 7.26. The molecule has 15 heavy (non-hydrogen) atoms. The first kappa shape index (κ1) is 10.9. The fraction of sp³-hybridized carbons (Fsp3) is 0.909. The van der Waals surface area contributed by atoms with Crippen LogP contribution in [0.25, 0.3) is 0 Å². The average Bonchev–Trinajstić information content (AvgIpc) is 3.08. The Morgan fingerprint density at radius 1 is 1.47 bits per heavy atom. The van der Waals surface area contributed by atoms with Crippen molar-refractivity contribution in [2.75, 3.05) is 20.2 Å². The monoisotopic (exact) mass is 212 g/mol. The Balaban J connectivity index is 1.92. The van der Waals surface area contributed by atoms with Crippen molar-refractivity contribution in [3.8, 4) is 0 Å². The van der Waals surface area contributed by atoms with Crippen LogP contribution < -0.4 is 5.73 Å². The second-order valence-electron chi connectivity index (χ2n) is 4.63. The number of hydrogen-bond acceptors (Lipinski definition) is 3. The van der Waals surface area contributed by atoms with Gasteiger partial charge in [0.2, 0.25) is 0 Å². The van der Waals surface area contributed by atoms with Crippen LogP contribution >= 0.6 is 0 Å². The average molecular weight is 212 g/mol. The fourth-order valence-electron chi connectivity index (χ4n) is 1.87. The first-order valence-corrected chi connectivity index (χ1v) is 5.79. The van der Waals surface area contributed by atoms with Crippen molar-refractivity contribution < 1.29 is 9.53 Å². The van der Waals surface area contributed by atoms with E-state index in [2.05, 4.69) is 0 Å². The van der Waals surface area contributed by atoms with Crippen LogP contribution in [0.4, 0.5) is 0 Å². The molecule has 0 heterocycles. The molecule has 0 saturated heterocycles. The van der Waals surface area contributed by atoms with E-state index < -0.39 is 6.10 Å². The molecule has 0 aliphatic heterocycles. The lowest BCUT2D eigenvalue weighted by Crippen LogP contribution is -2.45. The van der Waals surface area contributed by atoms with Crippen LogP contribution in [0.15, 0.2) is 0 Å². The minimum atomic E-state index is -0.440. The summed E-state index contributed by atoms with van der Waals surface area (Å²) in [7, 11) is 1.55. The summed E-state index contributed by atoms with van der Waals surface area (Å²) < 4.78 is 5.11. The molecule has 2 N–H and O–H groups in total. The lowest BCUT2D eigenvalue weighted by atomic mass is 10.2. The maximum absolute atomic E-state index is 12.1. The number of carbonyl (C=O) groups excluding carboxylic acids is 1. The maximum atomic E-state index is 12.1. The van der Waals surface area contributed by atoms with Gasteiger partial charge in [0.15, 0.2) is 0 Å². The summed E-state index contributed by atoms with van der Waals surface area (Å²) in [6, 6.07) is 0.474. The molecule has 1 unspecified atom stereocenters. The Kier molecular flexibility index (Phi) is 3.26. The number of amides is 1. The van der Waals surface area contributed by atoms with Gasteiger partial charge < -0.3 is 15.4 Å². The Morgan fingerprint density at radius 3 is 2.53 bits per heavy atom. The third-order valence-corrected chi connectivity index (χ3v) is 3.20. The van der Waals surface area contributed by atoms with Crippen LogP contribution in [0.1, 0.15) is 25.7 Å². The molecule has 0 aromatic carbocycles. The molecule has 4 nitrogen and oxygen atoms in total. The summed E-state index contributed by atoms with van der Waals surface area (Å²) in [6.07, 6.45) is 4.41. The van der Waals surface area contributed by atoms with Gasteiger partial charge in [-0.2, -0.15) is 0 Å². The zero-order valence-electron chi connectivity index (χ0n) is 9.32. The number of carbonyl (C=O) groups is 1. The van der Waals surface area contributed by atoms with Gasteiger partial charge in [-0.1, -0.05) is 0 Å². The normalized spacial score (nSPS) is 22.5. The van der Waals surface area contributed by atoms with Gasteiger partial charge in [-0.05, 0) is 31.6 Å². The summed E-state index contributed by atoms with van der Waals surface area (Å²) in [5.41, 5.74) is 5.52. The Hall–Kier alpha value is -0.610. The fourth-order valence-corrected chi connectivity index (χ4v) is 1.87. The van der Waals surface area contributed by atoms with Crippen molar-refractivity contribution in [2.24, 2.45) is 11.7 Å². The highest BCUT2D eigenvalue weighted by Crippen LogP contribution is 2.35. The van der Waals surface area contributed by atoms with E-state index in [1.807, 2.05) is 4.90 Å². The van der Waals surface area contributed by atoms with Crippen LogP contribution in [0.3, 0.4) is 0 Å². The number of hydrogen-bond donors (Lipinski definition) is 1. The second kappa shape index (κ2) is 4.49. The van der Waals surface area contributed by atoms with Gasteiger partial charge in [0, 0.05) is 26.2 Å². The minimum absolute atomic E-state index is 0.0920. The molecular formula is C11H20N2O2. The van der Waals surface area contributed by atoms with Gasteiger partial charge in [-0.3, -0.25) is 4.79 Å². The number of rotatable bonds is 6. The molecule has 0 aromatic rings. The molecule has 2 aliphatic carbocycles. The number of methoxy groups -OCH3 is 1. The van der Waals surface area contributed by atoms with Gasteiger partial charge in [-0.15, -0.1) is 0 Å². The predicted octanol–water partition coefficient (Wildman–Crippen LogP) is 0.361. The molecular weight excluding hydrogens is 192 g/mol. The van der Waals surface area contributed by atoms with Gasteiger partial charge in [0.25, 0.3) is 5.91 Å². The topological polar surface area (TPSA) is 55.6 Å². The third-order valence-electron chi connectivity index (χ3n) is 3.20. The largest absolute Gasteiger partial charge is 0.370 e. The molecule has 0 aromatic heterocycles. The lowest BCUT2D eigenvalue weighted by molar-refractivity contribution is -0.142. The Labute approximate surface area is 90.8 Å². The lowest BCUT2D eigenvalue weighted by Gasteiger charge is -2.26. The molecule has 1 atom stereocenters. The predicted molar refractivity (Wildman–Crippen MR) is 57.3 cm³/mol. The first-order valence-electron chi connectivity index (χ1n) is 5.79. The highest BCUT2D eigenvalue weighted by atomic mass is 16.5. The smallest absolute Gasteiger partial charge is 0.253 e. The quantitative estimate of drug-likeness (QED) is 0.691. The zero-order valence-corrected chi connectivity index (χ0v) is 9.32.